The van der Waals surface area contributed by atoms with Crippen LogP contribution in [0.1, 0.15) is 48.5 Å². The molecule has 0 aliphatic carbocycles. The molecule has 2 aromatic heterocycles. The van der Waals surface area contributed by atoms with Crippen molar-refractivity contribution in [3.63, 3.8) is 0 Å². The lowest BCUT2D eigenvalue weighted by Crippen LogP contribution is -3.12. The number of benzene rings is 1. The molecule has 0 saturated carbocycles. The molecule has 2 fully saturated rings. The number of carbonyl (C=O) groups is 4. The van der Waals surface area contributed by atoms with Crippen molar-refractivity contribution >= 4 is 46.0 Å². The van der Waals surface area contributed by atoms with E-state index < -0.39 is 41.7 Å². The highest BCUT2D eigenvalue weighted by Gasteiger charge is 2.68. The Kier molecular flexibility index (Phi) is 5.10. The number of ether oxygens (including phenoxy) is 1. The molecule has 2 saturated heterocycles. The van der Waals surface area contributed by atoms with Crippen molar-refractivity contribution in [2.75, 3.05) is 12.0 Å². The zero-order valence-corrected chi connectivity index (χ0v) is 20.6. The number of furan rings is 1. The molecule has 6 rings (SSSR count). The highest BCUT2D eigenvalue weighted by Crippen LogP contribution is 2.48. The first-order valence-corrected chi connectivity index (χ1v) is 12.4. The minimum absolute atomic E-state index is 0.149. The molecule has 0 radical (unpaired) electrons. The van der Waals surface area contributed by atoms with Gasteiger partial charge in [0, 0.05) is 10.4 Å². The number of nitrogens with zero attached hydrogens (tertiary/aromatic N) is 1. The first-order valence-electron chi connectivity index (χ1n) is 11.6. The minimum Gasteiger partial charge on any atom is -0.465 e. The summed E-state index contributed by atoms with van der Waals surface area (Å²) in [5.41, 5.74) is 2.74. The number of imide groups is 1. The molecule has 5 heterocycles. The standard InChI is InChI=1S/C27H22N2O6S/c1-13-14(2)36-26(18(13)27(33)34-3)29-24(31)19-20(25(29)32)22(23(30)17-9-6-12-35-17)28-11-10-15-7-4-5-8-16(15)21(19)28/h4-12,19-22H,1-3H3/p+1/t19-,20+,21-,22-/m1/s1. The van der Waals surface area contributed by atoms with Crippen molar-refractivity contribution in [3.8, 4) is 0 Å². The van der Waals surface area contributed by atoms with Crippen LogP contribution in [0.2, 0.25) is 0 Å². The summed E-state index contributed by atoms with van der Waals surface area (Å²) in [6, 6.07) is 9.64. The number of aryl methyl sites for hydroxylation is 1. The molecule has 1 unspecified atom stereocenters. The third kappa shape index (κ3) is 2.96. The van der Waals surface area contributed by atoms with E-state index >= 15 is 0 Å². The van der Waals surface area contributed by atoms with Crippen LogP contribution in [-0.4, -0.2) is 36.7 Å². The van der Waals surface area contributed by atoms with E-state index in [1.165, 1.54) is 24.7 Å². The van der Waals surface area contributed by atoms with Gasteiger partial charge in [-0.05, 0) is 43.2 Å². The van der Waals surface area contributed by atoms with Crippen LogP contribution >= 0.6 is 11.3 Å². The summed E-state index contributed by atoms with van der Waals surface area (Å²) >= 11 is 1.21. The number of methoxy groups -OCH3 is 1. The summed E-state index contributed by atoms with van der Waals surface area (Å²) < 4.78 is 10.4. The lowest BCUT2D eigenvalue weighted by atomic mass is 9.84. The molecule has 8 nitrogen and oxygen atoms in total. The van der Waals surface area contributed by atoms with Crippen molar-refractivity contribution in [1.29, 1.82) is 0 Å². The lowest BCUT2D eigenvalue weighted by molar-refractivity contribution is -0.884. The van der Waals surface area contributed by atoms with Gasteiger partial charge in [0.25, 0.3) is 5.78 Å². The minimum atomic E-state index is -0.904. The molecule has 2 amide bonds. The zero-order chi connectivity index (χ0) is 25.3. The van der Waals surface area contributed by atoms with Gasteiger partial charge in [-0.2, -0.15) is 0 Å². The number of thiophene rings is 1. The molecule has 0 bridgehead atoms. The van der Waals surface area contributed by atoms with Gasteiger partial charge >= 0.3 is 5.97 Å². The second-order valence-corrected chi connectivity index (χ2v) is 10.5. The van der Waals surface area contributed by atoms with E-state index in [2.05, 4.69) is 0 Å². The monoisotopic (exact) mass is 503 g/mol. The number of carbonyl (C=O) groups excluding carboxylic acids is 4. The molecule has 5 atom stereocenters. The Morgan fingerprint density at radius 1 is 1.06 bits per heavy atom. The number of hydrogen-bond acceptors (Lipinski definition) is 7. The topological polar surface area (TPSA) is 98.3 Å². The number of nitrogens with one attached hydrogen (secondary N) is 1. The Labute approximate surface area is 210 Å². The third-order valence-corrected chi connectivity index (χ3v) is 8.82. The van der Waals surface area contributed by atoms with E-state index in [4.69, 9.17) is 9.15 Å². The fourth-order valence-electron chi connectivity index (χ4n) is 5.93. The number of anilines is 1. The molecule has 0 spiro atoms. The summed E-state index contributed by atoms with van der Waals surface area (Å²) in [4.78, 5) is 57.2. The Hall–Kier alpha value is -3.82. The van der Waals surface area contributed by atoms with E-state index in [1.807, 2.05) is 43.5 Å². The number of ketones is 1. The molecule has 182 valence electrons. The Balaban J connectivity index is 1.52. The Morgan fingerprint density at radius 3 is 2.53 bits per heavy atom. The largest absolute Gasteiger partial charge is 0.465 e. The highest BCUT2D eigenvalue weighted by molar-refractivity contribution is 7.17. The van der Waals surface area contributed by atoms with Crippen LogP contribution < -0.4 is 9.80 Å². The second-order valence-electron chi connectivity index (χ2n) is 9.28. The van der Waals surface area contributed by atoms with Crippen molar-refractivity contribution in [2.24, 2.45) is 11.8 Å². The third-order valence-electron chi connectivity index (χ3n) is 7.63. The van der Waals surface area contributed by atoms with Crippen molar-refractivity contribution in [1.82, 2.24) is 0 Å². The quantitative estimate of drug-likeness (QED) is 0.334. The number of quaternary nitrogens is 1. The summed E-state index contributed by atoms with van der Waals surface area (Å²) in [7, 11) is 1.27. The SMILES string of the molecule is COC(=O)c1c(N2C(=O)[C@@H]3[C@H](C2=O)[C@H](C(=O)c2ccco2)[NH+]2C=Cc4ccccc4[C@H]32)sc(C)c1C. The number of fused-ring (bicyclic) bond motifs is 5. The smallest absolute Gasteiger partial charge is 0.341 e. The van der Waals surface area contributed by atoms with Gasteiger partial charge < -0.3 is 9.15 Å². The summed E-state index contributed by atoms with van der Waals surface area (Å²) in [5.74, 6) is -3.34. The van der Waals surface area contributed by atoms with Gasteiger partial charge in [0.05, 0.1) is 25.1 Å². The molecule has 9 heteroatoms. The number of hydrogen-bond donors (Lipinski definition) is 1. The first-order chi connectivity index (χ1) is 17.3. The van der Waals surface area contributed by atoms with Gasteiger partial charge in [0.15, 0.2) is 11.8 Å². The Morgan fingerprint density at radius 2 is 1.81 bits per heavy atom. The van der Waals surface area contributed by atoms with Crippen molar-refractivity contribution in [2.45, 2.75) is 25.9 Å². The maximum Gasteiger partial charge on any atom is 0.341 e. The fourth-order valence-corrected chi connectivity index (χ4v) is 7.08. The number of Topliss-reactive ketones (excluding diaryl/α,β-unsaturated/α-hetero) is 1. The van der Waals surface area contributed by atoms with Gasteiger partial charge in [-0.25, -0.2) is 9.69 Å². The second kappa shape index (κ2) is 8.11. The molecule has 1 N–H and O–H groups in total. The molecular formula is C27H23N2O6S+. The van der Waals surface area contributed by atoms with Crippen LogP contribution in [0, 0.1) is 25.7 Å². The summed E-state index contributed by atoms with van der Waals surface area (Å²) in [6.45, 7) is 3.60. The van der Waals surface area contributed by atoms with Crippen LogP contribution in [0.5, 0.6) is 0 Å². The normalized spacial score (nSPS) is 26.1. The van der Waals surface area contributed by atoms with Gasteiger partial charge in [0.2, 0.25) is 11.8 Å². The van der Waals surface area contributed by atoms with Crippen LogP contribution in [-0.2, 0) is 14.3 Å². The van der Waals surface area contributed by atoms with E-state index in [-0.39, 0.29) is 22.1 Å². The van der Waals surface area contributed by atoms with Gasteiger partial charge in [0.1, 0.15) is 22.9 Å². The zero-order valence-electron chi connectivity index (χ0n) is 19.8. The first kappa shape index (κ1) is 22.6. The van der Waals surface area contributed by atoms with Crippen LogP contribution in [0.25, 0.3) is 6.08 Å². The predicted molar refractivity (Wildman–Crippen MR) is 131 cm³/mol. The molecule has 36 heavy (non-hydrogen) atoms. The molecule has 3 aliphatic rings. The number of rotatable bonds is 4. The molecule has 3 aliphatic heterocycles. The van der Waals surface area contributed by atoms with E-state index in [0.29, 0.717) is 5.56 Å². The van der Waals surface area contributed by atoms with E-state index in [9.17, 15) is 19.2 Å². The molecule has 3 aromatic rings. The van der Waals surface area contributed by atoms with Crippen LogP contribution in [0.3, 0.4) is 0 Å². The summed E-state index contributed by atoms with van der Waals surface area (Å²) in [6.07, 6.45) is 5.22. The number of esters is 1. The Bertz CT molecular complexity index is 1470. The molecular weight excluding hydrogens is 480 g/mol. The van der Waals surface area contributed by atoms with Gasteiger partial charge in [-0.3, -0.25) is 19.3 Å². The maximum absolute atomic E-state index is 14.1. The van der Waals surface area contributed by atoms with Crippen molar-refractivity contribution < 1.29 is 33.2 Å². The van der Waals surface area contributed by atoms with Gasteiger partial charge in [-0.1, -0.05) is 24.3 Å². The van der Waals surface area contributed by atoms with Crippen LogP contribution in [0.15, 0.2) is 53.3 Å². The predicted octanol–water partition coefficient (Wildman–Crippen LogP) is 2.73. The van der Waals surface area contributed by atoms with E-state index in [1.54, 1.807) is 19.1 Å². The van der Waals surface area contributed by atoms with Crippen LogP contribution in [0.4, 0.5) is 5.00 Å². The lowest BCUT2D eigenvalue weighted by Gasteiger charge is -2.30. The maximum atomic E-state index is 14.1. The highest BCUT2D eigenvalue weighted by atomic mass is 32.1. The fraction of sp³-hybridized carbons (Fsp3) is 0.259. The van der Waals surface area contributed by atoms with E-state index in [0.717, 1.165) is 25.8 Å². The van der Waals surface area contributed by atoms with Crippen molar-refractivity contribution in [3.05, 3.63) is 81.8 Å². The molecule has 1 aromatic carbocycles. The average molecular weight is 504 g/mol. The number of amides is 2. The average Bonchev–Trinajstić information content (AvgIpc) is 3.64. The summed E-state index contributed by atoms with van der Waals surface area (Å²) in [5, 5.41) is 0.256. The van der Waals surface area contributed by atoms with Gasteiger partial charge in [-0.15, -0.1) is 11.3 Å².